The molecule has 10 heteroatoms. The molecular formula is C25H27N3O5S2. The smallest absolute Gasteiger partial charge is 0.264 e. The maximum Gasteiger partial charge on any atom is 0.264 e. The quantitative estimate of drug-likeness (QED) is 0.312. The summed E-state index contributed by atoms with van der Waals surface area (Å²) in [4.78, 5) is 12.6. The van der Waals surface area contributed by atoms with Crippen LogP contribution in [0, 0.1) is 0 Å². The Morgan fingerprint density at radius 2 is 1.60 bits per heavy atom. The van der Waals surface area contributed by atoms with Crippen LogP contribution in [0.4, 0.5) is 11.4 Å². The molecule has 2 N–H and O–H groups in total. The molecule has 184 valence electrons. The zero-order valence-corrected chi connectivity index (χ0v) is 21.1. The summed E-state index contributed by atoms with van der Waals surface area (Å²) in [6.45, 7) is 3.47. The maximum absolute atomic E-state index is 12.9. The van der Waals surface area contributed by atoms with Crippen LogP contribution in [-0.4, -0.2) is 46.3 Å². The third kappa shape index (κ3) is 7.25. The van der Waals surface area contributed by atoms with E-state index in [9.17, 15) is 13.2 Å². The summed E-state index contributed by atoms with van der Waals surface area (Å²) in [6, 6.07) is 21.6. The standard InChI is InChI=1S/C25H27N3O5S2/c1-3-32-17-18-33-22-13-9-19(10-14-22)24(29)27-25(34)26-20-11-15-23(16-12-20)35(30,31)28(2)21-7-5-4-6-8-21/h4-16H,3,17-18H2,1-2H3,(H2,26,27,29,34). The minimum atomic E-state index is -3.72. The second-order valence-corrected chi connectivity index (χ2v) is 9.69. The van der Waals surface area contributed by atoms with Crippen molar-refractivity contribution in [3.05, 3.63) is 84.4 Å². The Kier molecular flexibility index (Phi) is 9.18. The van der Waals surface area contributed by atoms with Gasteiger partial charge in [-0.15, -0.1) is 0 Å². The number of nitrogens with one attached hydrogen (secondary N) is 2. The zero-order valence-electron chi connectivity index (χ0n) is 19.4. The van der Waals surface area contributed by atoms with Gasteiger partial charge in [0.2, 0.25) is 0 Å². The highest BCUT2D eigenvalue weighted by atomic mass is 32.2. The van der Waals surface area contributed by atoms with Gasteiger partial charge in [-0.05, 0) is 79.8 Å². The number of hydrogen-bond donors (Lipinski definition) is 2. The second kappa shape index (κ2) is 12.3. The second-order valence-electron chi connectivity index (χ2n) is 7.31. The minimum Gasteiger partial charge on any atom is -0.491 e. The van der Waals surface area contributed by atoms with E-state index in [0.29, 0.717) is 42.5 Å². The Morgan fingerprint density at radius 1 is 0.943 bits per heavy atom. The number of rotatable bonds is 10. The van der Waals surface area contributed by atoms with Gasteiger partial charge in [0.05, 0.1) is 17.2 Å². The fourth-order valence-corrected chi connectivity index (χ4v) is 4.45. The number of carbonyl (C=O) groups excluding carboxylic acids is 1. The number of thiocarbonyl (C=S) groups is 1. The summed E-state index contributed by atoms with van der Waals surface area (Å²) in [5.41, 5.74) is 1.51. The lowest BCUT2D eigenvalue weighted by atomic mass is 10.2. The number of sulfonamides is 1. The van der Waals surface area contributed by atoms with Crippen molar-refractivity contribution < 1.29 is 22.7 Å². The van der Waals surface area contributed by atoms with Gasteiger partial charge in [0.15, 0.2) is 5.11 Å². The summed E-state index contributed by atoms with van der Waals surface area (Å²) < 4.78 is 37.7. The van der Waals surface area contributed by atoms with E-state index in [0.717, 1.165) is 0 Å². The molecule has 0 radical (unpaired) electrons. The van der Waals surface area contributed by atoms with Gasteiger partial charge in [-0.3, -0.25) is 14.4 Å². The van der Waals surface area contributed by atoms with Crippen molar-refractivity contribution in [3.63, 3.8) is 0 Å². The van der Waals surface area contributed by atoms with E-state index in [1.807, 2.05) is 13.0 Å². The Labute approximate surface area is 210 Å². The summed E-state index contributed by atoms with van der Waals surface area (Å²) in [7, 11) is -2.22. The number of para-hydroxylation sites is 1. The van der Waals surface area contributed by atoms with Gasteiger partial charge < -0.3 is 14.8 Å². The minimum absolute atomic E-state index is 0.0871. The monoisotopic (exact) mass is 513 g/mol. The Hall–Kier alpha value is -3.47. The summed E-state index contributed by atoms with van der Waals surface area (Å²) >= 11 is 5.22. The van der Waals surface area contributed by atoms with Gasteiger partial charge >= 0.3 is 0 Å². The average molecular weight is 514 g/mol. The van der Waals surface area contributed by atoms with Crippen molar-refractivity contribution in [2.45, 2.75) is 11.8 Å². The van der Waals surface area contributed by atoms with E-state index in [4.69, 9.17) is 21.7 Å². The third-order valence-corrected chi connectivity index (χ3v) is 6.94. The first-order valence-corrected chi connectivity index (χ1v) is 12.7. The van der Waals surface area contributed by atoms with E-state index in [2.05, 4.69) is 10.6 Å². The number of nitrogens with zero attached hydrogens (tertiary/aromatic N) is 1. The van der Waals surface area contributed by atoms with Crippen LogP contribution in [0.2, 0.25) is 0 Å². The molecule has 0 aromatic heterocycles. The molecular weight excluding hydrogens is 486 g/mol. The Bertz CT molecular complexity index is 1230. The van der Waals surface area contributed by atoms with E-state index < -0.39 is 10.0 Å². The average Bonchev–Trinajstić information content (AvgIpc) is 2.87. The van der Waals surface area contributed by atoms with Crippen molar-refractivity contribution in [1.29, 1.82) is 0 Å². The molecule has 1 amide bonds. The molecule has 0 saturated carbocycles. The molecule has 0 spiro atoms. The van der Waals surface area contributed by atoms with Gasteiger partial charge in [-0.1, -0.05) is 18.2 Å². The van der Waals surface area contributed by atoms with Crippen LogP contribution in [0.5, 0.6) is 5.75 Å². The number of benzene rings is 3. The predicted molar refractivity (Wildman–Crippen MR) is 141 cm³/mol. The van der Waals surface area contributed by atoms with E-state index in [1.165, 1.54) is 23.5 Å². The van der Waals surface area contributed by atoms with Crippen LogP contribution in [0.25, 0.3) is 0 Å². The van der Waals surface area contributed by atoms with Crippen LogP contribution < -0.4 is 19.7 Å². The number of anilines is 2. The molecule has 0 heterocycles. The summed E-state index contributed by atoms with van der Waals surface area (Å²) in [5, 5.41) is 5.58. The Morgan fingerprint density at radius 3 is 2.23 bits per heavy atom. The maximum atomic E-state index is 12.9. The van der Waals surface area contributed by atoms with Crippen LogP contribution in [0.3, 0.4) is 0 Å². The molecule has 0 unspecified atom stereocenters. The van der Waals surface area contributed by atoms with Crippen LogP contribution in [0.1, 0.15) is 17.3 Å². The van der Waals surface area contributed by atoms with E-state index >= 15 is 0 Å². The molecule has 3 aromatic rings. The SMILES string of the molecule is CCOCCOc1ccc(C(=O)NC(=S)Nc2ccc(S(=O)(=O)N(C)c3ccccc3)cc2)cc1. The molecule has 3 rings (SSSR count). The fraction of sp³-hybridized carbons (Fsp3) is 0.200. The van der Waals surface area contributed by atoms with Crippen LogP contribution in [0.15, 0.2) is 83.8 Å². The van der Waals surface area contributed by atoms with Gasteiger partial charge in [0, 0.05) is 24.9 Å². The topological polar surface area (TPSA) is 97.0 Å². The number of hydrogen-bond acceptors (Lipinski definition) is 6. The summed E-state index contributed by atoms with van der Waals surface area (Å²) in [5.74, 6) is 0.252. The molecule has 0 saturated heterocycles. The summed E-state index contributed by atoms with van der Waals surface area (Å²) in [6.07, 6.45) is 0. The lowest BCUT2D eigenvalue weighted by molar-refractivity contribution is 0.0977. The lowest BCUT2D eigenvalue weighted by Crippen LogP contribution is -2.34. The normalized spacial score (nSPS) is 10.9. The van der Waals surface area contributed by atoms with Crippen LogP contribution >= 0.6 is 12.2 Å². The molecule has 0 fully saturated rings. The van der Waals surface area contributed by atoms with Gasteiger partial charge in [0.25, 0.3) is 15.9 Å². The molecule has 0 aliphatic rings. The van der Waals surface area contributed by atoms with Gasteiger partial charge in [-0.2, -0.15) is 0 Å². The van der Waals surface area contributed by atoms with Gasteiger partial charge in [0.1, 0.15) is 12.4 Å². The predicted octanol–water partition coefficient (Wildman–Crippen LogP) is 4.05. The highest BCUT2D eigenvalue weighted by molar-refractivity contribution is 7.92. The molecule has 35 heavy (non-hydrogen) atoms. The number of carbonyl (C=O) groups is 1. The highest BCUT2D eigenvalue weighted by Crippen LogP contribution is 2.23. The van der Waals surface area contributed by atoms with E-state index in [-0.39, 0.29) is 15.9 Å². The Balaban J connectivity index is 1.55. The molecule has 0 bridgehead atoms. The largest absolute Gasteiger partial charge is 0.491 e. The van der Waals surface area contributed by atoms with Crippen molar-refractivity contribution in [1.82, 2.24) is 5.32 Å². The molecule has 0 atom stereocenters. The van der Waals surface area contributed by atoms with Crippen LogP contribution in [-0.2, 0) is 14.8 Å². The fourth-order valence-electron chi connectivity index (χ4n) is 3.05. The van der Waals surface area contributed by atoms with Crippen molar-refractivity contribution in [3.8, 4) is 5.75 Å². The molecule has 0 aliphatic carbocycles. The van der Waals surface area contributed by atoms with E-state index in [1.54, 1.807) is 60.7 Å². The molecule has 8 nitrogen and oxygen atoms in total. The van der Waals surface area contributed by atoms with Crippen molar-refractivity contribution in [2.24, 2.45) is 0 Å². The first-order valence-electron chi connectivity index (χ1n) is 10.9. The third-order valence-electron chi connectivity index (χ3n) is 4.93. The first kappa shape index (κ1) is 26.1. The highest BCUT2D eigenvalue weighted by Gasteiger charge is 2.21. The number of ether oxygens (including phenoxy) is 2. The van der Waals surface area contributed by atoms with Crippen molar-refractivity contribution >= 4 is 44.6 Å². The van der Waals surface area contributed by atoms with Gasteiger partial charge in [-0.25, -0.2) is 8.42 Å². The lowest BCUT2D eigenvalue weighted by Gasteiger charge is -2.19. The first-order chi connectivity index (χ1) is 16.8. The molecule has 0 aliphatic heterocycles. The van der Waals surface area contributed by atoms with Crippen molar-refractivity contribution in [2.75, 3.05) is 36.5 Å². The molecule has 3 aromatic carbocycles. The number of amides is 1. The zero-order chi connectivity index (χ0) is 25.3.